The molecule has 0 aromatic heterocycles. The summed E-state index contributed by atoms with van der Waals surface area (Å²) in [6, 6.07) is 0. The number of hydrogen-bond acceptors (Lipinski definition) is 4. The monoisotopic (exact) mass is 124 g/mol. The van der Waals surface area contributed by atoms with Crippen molar-refractivity contribution >= 4 is 7.82 Å². The van der Waals surface area contributed by atoms with E-state index in [9.17, 15) is 14.4 Å². The van der Waals surface area contributed by atoms with E-state index in [-0.39, 0.29) is 37.7 Å². The summed E-state index contributed by atoms with van der Waals surface area (Å²) in [7, 11) is -3.83. The molecule has 0 spiro atoms. The molecule has 0 atom stereocenters. The number of rotatable bonds is 1. The third-order valence-electron chi connectivity index (χ3n) is 0.224. The van der Waals surface area contributed by atoms with Gasteiger partial charge in [0.1, 0.15) is 0 Å². The second-order valence-corrected chi connectivity index (χ2v) is 1.89. The predicted molar refractivity (Wildman–Crippen MR) is 14.6 cm³/mol. The van der Waals surface area contributed by atoms with Crippen LogP contribution in [0.25, 0.3) is 0 Å². The third kappa shape index (κ3) is 15.7. The van der Waals surface area contributed by atoms with E-state index < -0.39 is 7.82 Å². The third-order valence-corrected chi connectivity index (χ3v) is 0.671. The molecule has 0 fully saturated rings. The van der Waals surface area contributed by atoms with Gasteiger partial charge in [-0.25, -0.2) is 0 Å². The zero-order chi connectivity index (χ0) is 5.21. The molecule has 0 heterocycles. The summed E-state index contributed by atoms with van der Waals surface area (Å²) in [4.78, 5) is 18.5. The fourth-order valence-corrected chi connectivity index (χ4v) is 0. The molecule has 0 saturated carbocycles. The minimum atomic E-state index is -4.65. The molecule has 0 aliphatic heterocycles. The number of hydrogen-bond donors (Lipinski definition) is 0. The van der Waals surface area contributed by atoms with Gasteiger partial charge in [0.25, 0.3) is 0 Å². The van der Waals surface area contributed by atoms with Gasteiger partial charge in [-0.05, 0) is 0 Å². The van der Waals surface area contributed by atoms with Gasteiger partial charge in [-0.1, -0.05) is 0 Å². The summed E-state index contributed by atoms with van der Waals surface area (Å²) in [6.45, 7) is 0. The van der Waals surface area contributed by atoms with Gasteiger partial charge in [0, 0.05) is 7.11 Å². The zero-order valence-corrected chi connectivity index (χ0v) is 5.97. The Bertz CT molecular complexity index is 78.1. The van der Waals surface area contributed by atoms with Crippen molar-refractivity contribution in [1.82, 2.24) is 0 Å². The van der Waals surface area contributed by atoms with Crippen molar-refractivity contribution in [3.63, 3.8) is 0 Å². The quantitative estimate of drug-likeness (QED) is 0.257. The Balaban J connectivity index is -0.000000125. The van der Waals surface area contributed by atoms with Gasteiger partial charge in [-0.15, -0.1) is 0 Å². The topological polar surface area (TPSA) is 72.4 Å². The van der Waals surface area contributed by atoms with E-state index in [4.69, 9.17) is 0 Å². The molecule has 0 rings (SSSR count). The largest absolute Gasteiger partial charge is 1.00 e. The van der Waals surface area contributed by atoms with Gasteiger partial charge in [0.05, 0.1) is 7.82 Å². The average Bonchev–Trinajstić information content (AvgIpc) is 1.35. The van der Waals surface area contributed by atoms with Gasteiger partial charge >= 0.3 is 37.7 Å². The Morgan fingerprint density at radius 1 is 1.38 bits per heavy atom. The van der Waals surface area contributed by atoms with Crippen molar-refractivity contribution in [3.05, 3.63) is 0 Å². The summed E-state index contributed by atoms with van der Waals surface area (Å²) in [5.74, 6) is 0. The van der Waals surface area contributed by atoms with Crippen LogP contribution in [0.2, 0.25) is 0 Å². The first-order valence-electron chi connectivity index (χ1n) is 1.14. The van der Waals surface area contributed by atoms with Crippen LogP contribution in [-0.4, -0.2) is 7.11 Å². The van der Waals surface area contributed by atoms with Crippen LogP contribution in [0.15, 0.2) is 0 Å². The molecule has 0 unspecified atom stereocenters. The minimum absolute atomic E-state index is 0. The second-order valence-electron chi connectivity index (χ2n) is 0.630. The predicted octanol–water partition coefficient (Wildman–Crippen LogP) is -7.53. The summed E-state index contributed by atoms with van der Waals surface area (Å²) in [6.07, 6.45) is 0. The molecule has 0 radical (unpaired) electrons. The van der Waals surface area contributed by atoms with E-state index in [1.165, 1.54) is 0 Å². The van der Waals surface area contributed by atoms with Gasteiger partial charge in [-0.3, -0.25) is 0 Å². The molecule has 0 bridgehead atoms. The van der Waals surface area contributed by atoms with Crippen molar-refractivity contribution in [2.24, 2.45) is 0 Å². The van der Waals surface area contributed by atoms with E-state index in [0.717, 1.165) is 7.11 Å². The van der Waals surface area contributed by atoms with Gasteiger partial charge in [0.15, 0.2) is 0 Å². The van der Waals surface area contributed by atoms with E-state index in [1.54, 1.807) is 0 Å². The molecule has 0 aromatic carbocycles. The van der Waals surface area contributed by atoms with Crippen molar-refractivity contribution in [2.45, 2.75) is 0 Å². The summed E-state index contributed by atoms with van der Waals surface area (Å²) in [5.41, 5.74) is 0. The molecular formula is CH3Li2O4P. The van der Waals surface area contributed by atoms with Gasteiger partial charge in [-0.2, -0.15) is 0 Å². The molecule has 4 nitrogen and oxygen atoms in total. The maximum absolute atomic E-state index is 9.25. The van der Waals surface area contributed by atoms with Crippen molar-refractivity contribution in [2.75, 3.05) is 7.11 Å². The zero-order valence-electron chi connectivity index (χ0n) is 5.08. The second kappa shape index (κ2) is 6.43. The first kappa shape index (κ1) is 16.1. The summed E-state index contributed by atoms with van der Waals surface area (Å²) in [5, 5.41) is 0. The average molecular weight is 124 g/mol. The smallest absolute Gasteiger partial charge is 0.790 e. The van der Waals surface area contributed by atoms with E-state index in [1.807, 2.05) is 0 Å². The fourth-order valence-electron chi connectivity index (χ4n) is 0. The normalized spacial score (nSPS) is 8.88. The van der Waals surface area contributed by atoms with Crippen LogP contribution in [0.1, 0.15) is 0 Å². The minimum Gasteiger partial charge on any atom is -0.790 e. The van der Waals surface area contributed by atoms with Gasteiger partial charge < -0.3 is 18.9 Å². The first-order valence-corrected chi connectivity index (χ1v) is 2.60. The molecule has 0 aromatic rings. The first-order chi connectivity index (χ1) is 2.56. The Morgan fingerprint density at radius 2 is 1.50 bits per heavy atom. The van der Waals surface area contributed by atoms with E-state index in [0.29, 0.717) is 0 Å². The Hall–Kier alpha value is 1.30. The molecule has 0 aliphatic carbocycles. The van der Waals surface area contributed by atoms with Crippen LogP contribution in [0, 0.1) is 0 Å². The summed E-state index contributed by atoms with van der Waals surface area (Å²) >= 11 is 0. The van der Waals surface area contributed by atoms with Crippen LogP contribution in [0.5, 0.6) is 0 Å². The van der Waals surface area contributed by atoms with Crippen molar-refractivity contribution in [3.8, 4) is 0 Å². The maximum Gasteiger partial charge on any atom is 1.00 e. The molecule has 8 heavy (non-hydrogen) atoms. The molecular weight excluding hydrogens is 121 g/mol. The SMILES string of the molecule is COP(=O)([O-])[O-].[Li+].[Li+]. The van der Waals surface area contributed by atoms with Crippen LogP contribution >= 0.6 is 7.82 Å². The van der Waals surface area contributed by atoms with Gasteiger partial charge in [0.2, 0.25) is 0 Å². The van der Waals surface area contributed by atoms with Crippen molar-refractivity contribution in [1.29, 1.82) is 0 Å². The van der Waals surface area contributed by atoms with E-state index in [2.05, 4.69) is 4.52 Å². The van der Waals surface area contributed by atoms with Crippen LogP contribution in [0.3, 0.4) is 0 Å². The number of phosphoric acid groups is 1. The van der Waals surface area contributed by atoms with Crippen molar-refractivity contribution < 1.29 is 56.6 Å². The molecule has 0 N–H and O–H groups in total. The molecule has 0 saturated heterocycles. The van der Waals surface area contributed by atoms with Crippen LogP contribution in [-0.2, 0) is 9.09 Å². The van der Waals surface area contributed by atoms with Crippen LogP contribution < -0.4 is 47.5 Å². The standard InChI is InChI=1S/CH5O4P.2Li/c1-5-6(2,3)4;;/h1H3,(H2,2,3,4);;/q;2*+1/p-2. The van der Waals surface area contributed by atoms with Crippen LogP contribution in [0.4, 0.5) is 0 Å². The fraction of sp³-hybridized carbons (Fsp3) is 1.00. The Kier molecular flexibility index (Phi) is 13.0. The molecule has 7 heteroatoms. The number of phosphoric ester groups is 1. The molecule has 0 amide bonds. The Labute approximate surface area is 71.6 Å². The molecule has 0 aliphatic rings. The summed E-state index contributed by atoms with van der Waals surface area (Å²) < 4.78 is 12.6. The molecule has 38 valence electrons. The Morgan fingerprint density at radius 3 is 1.50 bits per heavy atom. The maximum atomic E-state index is 9.25. The van der Waals surface area contributed by atoms with E-state index >= 15 is 0 Å².